The van der Waals surface area contributed by atoms with Crippen LogP contribution in [-0.4, -0.2) is 65.0 Å². The van der Waals surface area contributed by atoms with Gasteiger partial charge in [0.1, 0.15) is 6.61 Å². The molecule has 162 valence electrons. The Balaban J connectivity index is 1.98. The predicted octanol–water partition coefficient (Wildman–Crippen LogP) is 2.97. The van der Waals surface area contributed by atoms with Crippen molar-refractivity contribution in [2.45, 2.75) is 64.6 Å². The lowest BCUT2D eigenvalue weighted by molar-refractivity contribution is -0.295. The van der Waals surface area contributed by atoms with Gasteiger partial charge >= 0.3 is 10.4 Å². The minimum atomic E-state index is -4.43. The molecule has 0 atom stereocenters. The topological polar surface area (TPSA) is 101 Å². The summed E-state index contributed by atoms with van der Waals surface area (Å²) in [5, 5.41) is 0. The Labute approximate surface area is 163 Å². The summed E-state index contributed by atoms with van der Waals surface area (Å²) in [4.78, 5) is 0. The summed E-state index contributed by atoms with van der Waals surface area (Å²) in [5.74, 6) is -0.668. The van der Waals surface area contributed by atoms with E-state index < -0.39 is 16.2 Å². The summed E-state index contributed by atoms with van der Waals surface area (Å²) >= 11 is 0. The summed E-state index contributed by atoms with van der Waals surface area (Å²) in [6, 6.07) is 0. The number of ether oxygens (including phenoxy) is 4. The van der Waals surface area contributed by atoms with Crippen LogP contribution in [0.5, 0.6) is 0 Å². The fourth-order valence-electron chi connectivity index (χ4n) is 2.72. The highest BCUT2D eigenvalue weighted by molar-refractivity contribution is 7.80. The maximum absolute atomic E-state index is 10.4. The van der Waals surface area contributed by atoms with Gasteiger partial charge in [-0.3, -0.25) is 4.55 Å². The summed E-state index contributed by atoms with van der Waals surface area (Å²) in [6.45, 7) is 6.34. The second-order valence-electron chi connectivity index (χ2n) is 7.12. The Morgan fingerprint density at radius 2 is 1.59 bits per heavy atom. The molecule has 8 nitrogen and oxygen atoms in total. The zero-order valence-corrected chi connectivity index (χ0v) is 17.5. The van der Waals surface area contributed by atoms with Gasteiger partial charge in [-0.2, -0.15) is 8.42 Å². The number of unbranched alkanes of at least 4 members (excludes halogenated alkanes) is 6. The Morgan fingerprint density at radius 3 is 2.22 bits per heavy atom. The lowest BCUT2D eigenvalue weighted by Crippen LogP contribution is -2.46. The maximum atomic E-state index is 10.4. The highest BCUT2D eigenvalue weighted by Gasteiger charge is 2.33. The van der Waals surface area contributed by atoms with Gasteiger partial charge in [-0.05, 0) is 13.3 Å². The smallest absolute Gasteiger partial charge is 0.381 e. The number of hydrogen-bond donors (Lipinski definition) is 1. The first-order valence-corrected chi connectivity index (χ1v) is 11.3. The van der Waals surface area contributed by atoms with Crippen molar-refractivity contribution >= 4 is 10.4 Å². The molecule has 0 spiro atoms. The largest absolute Gasteiger partial charge is 0.397 e. The first kappa shape index (κ1) is 24.7. The zero-order chi connectivity index (χ0) is 20.0. The first-order valence-electron chi connectivity index (χ1n) is 9.90. The maximum Gasteiger partial charge on any atom is 0.397 e. The summed E-state index contributed by atoms with van der Waals surface area (Å²) in [6.07, 6.45) is 8.87. The SMILES string of the molecule is CCCCCCCCCOCC1COC(C)(COCCOS(=O)(=O)O)OC1. The average Bonchev–Trinajstić information content (AvgIpc) is 2.61. The van der Waals surface area contributed by atoms with Crippen molar-refractivity contribution in [3.63, 3.8) is 0 Å². The van der Waals surface area contributed by atoms with Crippen molar-refractivity contribution in [2.24, 2.45) is 5.92 Å². The Hall–Kier alpha value is -0.290. The van der Waals surface area contributed by atoms with E-state index in [4.69, 9.17) is 23.5 Å². The third-order valence-corrected chi connectivity index (χ3v) is 4.78. The molecule has 0 bridgehead atoms. The van der Waals surface area contributed by atoms with E-state index in [0.29, 0.717) is 19.8 Å². The monoisotopic (exact) mass is 412 g/mol. The van der Waals surface area contributed by atoms with Crippen molar-refractivity contribution in [1.29, 1.82) is 0 Å². The van der Waals surface area contributed by atoms with E-state index in [1.54, 1.807) is 6.92 Å². The number of rotatable bonds is 16. The molecule has 1 aliphatic rings. The van der Waals surface area contributed by atoms with E-state index in [-0.39, 0.29) is 25.7 Å². The van der Waals surface area contributed by atoms with Crippen LogP contribution in [0.4, 0.5) is 0 Å². The minimum Gasteiger partial charge on any atom is -0.381 e. The van der Waals surface area contributed by atoms with Crippen LogP contribution in [0, 0.1) is 5.92 Å². The molecule has 0 saturated carbocycles. The summed E-state index contributed by atoms with van der Waals surface area (Å²) in [5.41, 5.74) is 0. The van der Waals surface area contributed by atoms with Gasteiger partial charge < -0.3 is 18.9 Å². The molecule has 1 fully saturated rings. The quantitative estimate of drug-likeness (QED) is 0.305. The molecule has 0 aliphatic carbocycles. The second-order valence-corrected chi connectivity index (χ2v) is 8.21. The Kier molecular flexibility index (Phi) is 12.7. The van der Waals surface area contributed by atoms with Gasteiger partial charge in [-0.25, -0.2) is 4.18 Å². The normalized spacial score (nSPS) is 23.6. The minimum absolute atomic E-state index is 0.00703. The molecular weight excluding hydrogens is 376 g/mol. The standard InChI is InChI=1S/C18H36O8S/c1-3-4-5-6-7-8-9-10-22-13-17-14-24-18(2,25-15-17)16-23-11-12-26-27(19,20)21/h17H,3-16H2,1-2H3,(H,19,20,21). The van der Waals surface area contributed by atoms with E-state index in [2.05, 4.69) is 11.1 Å². The molecule has 0 unspecified atom stereocenters. The van der Waals surface area contributed by atoms with Gasteiger partial charge in [0.05, 0.1) is 33.0 Å². The van der Waals surface area contributed by atoms with Crippen LogP contribution in [-0.2, 0) is 33.5 Å². The van der Waals surface area contributed by atoms with E-state index in [1.165, 1.54) is 38.5 Å². The van der Waals surface area contributed by atoms with Crippen LogP contribution in [0.2, 0.25) is 0 Å². The molecule has 1 saturated heterocycles. The molecule has 1 rings (SSSR count). The van der Waals surface area contributed by atoms with Gasteiger partial charge in [0, 0.05) is 12.5 Å². The molecule has 0 aromatic heterocycles. The van der Waals surface area contributed by atoms with Crippen molar-refractivity contribution in [2.75, 3.05) is 46.2 Å². The highest BCUT2D eigenvalue weighted by Crippen LogP contribution is 2.22. The van der Waals surface area contributed by atoms with Crippen molar-refractivity contribution in [1.82, 2.24) is 0 Å². The molecular formula is C18H36O8S. The van der Waals surface area contributed by atoms with Gasteiger partial charge in [-0.15, -0.1) is 0 Å². The van der Waals surface area contributed by atoms with Crippen LogP contribution < -0.4 is 0 Å². The van der Waals surface area contributed by atoms with E-state index >= 15 is 0 Å². The predicted molar refractivity (Wildman–Crippen MR) is 101 cm³/mol. The number of hydrogen-bond acceptors (Lipinski definition) is 7. The zero-order valence-electron chi connectivity index (χ0n) is 16.7. The van der Waals surface area contributed by atoms with Crippen LogP contribution in [0.1, 0.15) is 58.8 Å². The van der Waals surface area contributed by atoms with Crippen LogP contribution >= 0.6 is 0 Å². The molecule has 0 aromatic carbocycles. The molecule has 27 heavy (non-hydrogen) atoms. The van der Waals surface area contributed by atoms with Crippen LogP contribution in [0.25, 0.3) is 0 Å². The van der Waals surface area contributed by atoms with Gasteiger partial charge in [0.15, 0.2) is 5.79 Å². The lowest BCUT2D eigenvalue weighted by atomic mass is 10.1. The van der Waals surface area contributed by atoms with Crippen molar-refractivity contribution in [3.05, 3.63) is 0 Å². The molecule has 1 aliphatic heterocycles. The molecule has 9 heteroatoms. The highest BCUT2D eigenvalue weighted by atomic mass is 32.3. The summed E-state index contributed by atoms with van der Waals surface area (Å²) in [7, 11) is -4.43. The van der Waals surface area contributed by atoms with Gasteiger partial charge in [0.2, 0.25) is 0 Å². The average molecular weight is 413 g/mol. The second kappa shape index (κ2) is 13.8. The van der Waals surface area contributed by atoms with Gasteiger partial charge in [0.25, 0.3) is 0 Å². The van der Waals surface area contributed by atoms with Gasteiger partial charge in [-0.1, -0.05) is 45.4 Å². The molecule has 0 aromatic rings. The Bertz CT molecular complexity index is 460. The molecule has 1 heterocycles. The van der Waals surface area contributed by atoms with Crippen molar-refractivity contribution in [3.8, 4) is 0 Å². The van der Waals surface area contributed by atoms with Crippen molar-refractivity contribution < 1.29 is 36.1 Å². The first-order chi connectivity index (χ1) is 12.8. The fraction of sp³-hybridized carbons (Fsp3) is 1.00. The molecule has 1 N–H and O–H groups in total. The molecule has 0 radical (unpaired) electrons. The van der Waals surface area contributed by atoms with E-state index in [0.717, 1.165) is 13.0 Å². The fourth-order valence-corrected chi connectivity index (χ4v) is 3.00. The van der Waals surface area contributed by atoms with Crippen LogP contribution in [0.3, 0.4) is 0 Å². The third-order valence-electron chi connectivity index (χ3n) is 4.32. The van der Waals surface area contributed by atoms with E-state index in [1.807, 2.05) is 0 Å². The summed E-state index contributed by atoms with van der Waals surface area (Å²) < 4.78 is 55.9. The lowest BCUT2D eigenvalue weighted by Gasteiger charge is -2.37. The van der Waals surface area contributed by atoms with Crippen LogP contribution in [0.15, 0.2) is 0 Å². The Morgan fingerprint density at radius 1 is 0.963 bits per heavy atom. The van der Waals surface area contributed by atoms with E-state index in [9.17, 15) is 8.42 Å². The third kappa shape index (κ3) is 13.5. The molecule has 0 amide bonds.